The number of pyridine rings is 1. The quantitative estimate of drug-likeness (QED) is 0.880. The number of nitrogens with zero attached hydrogens (tertiary/aromatic N) is 2. The van der Waals surface area contributed by atoms with Gasteiger partial charge in [0, 0.05) is 25.3 Å². The van der Waals surface area contributed by atoms with Crippen molar-refractivity contribution in [3.63, 3.8) is 0 Å². The summed E-state index contributed by atoms with van der Waals surface area (Å²) in [7, 11) is 0. The molecule has 0 radical (unpaired) electrons. The molecule has 0 amide bonds. The Labute approximate surface area is 109 Å². The highest BCUT2D eigenvalue weighted by molar-refractivity contribution is 5.11. The summed E-state index contributed by atoms with van der Waals surface area (Å²) in [6.07, 6.45) is 3.07. The maximum Gasteiger partial charge on any atom is 0.0675 e. The van der Waals surface area contributed by atoms with Gasteiger partial charge in [-0.05, 0) is 25.5 Å². The molecule has 100 valence electrons. The molecule has 0 aromatic carbocycles. The van der Waals surface area contributed by atoms with Crippen LogP contribution >= 0.6 is 0 Å². The van der Waals surface area contributed by atoms with Gasteiger partial charge in [-0.2, -0.15) is 0 Å². The van der Waals surface area contributed by atoms with Gasteiger partial charge >= 0.3 is 0 Å². The molecule has 4 heteroatoms. The second-order valence-electron chi connectivity index (χ2n) is 4.95. The van der Waals surface area contributed by atoms with Crippen LogP contribution in [0.2, 0.25) is 0 Å². The summed E-state index contributed by atoms with van der Waals surface area (Å²) in [6, 6.07) is 6.36. The highest BCUT2D eigenvalue weighted by Gasteiger charge is 2.29. The highest BCUT2D eigenvalue weighted by Crippen LogP contribution is 2.25. The molecule has 2 rings (SSSR count). The molecule has 1 saturated heterocycles. The number of morpholine rings is 1. The third-order valence-corrected chi connectivity index (χ3v) is 3.53. The van der Waals surface area contributed by atoms with Crippen molar-refractivity contribution >= 4 is 0 Å². The van der Waals surface area contributed by atoms with E-state index in [4.69, 9.17) is 10.5 Å². The molecule has 1 aromatic heterocycles. The fourth-order valence-electron chi connectivity index (χ4n) is 2.55. The maximum absolute atomic E-state index is 6.30. The van der Waals surface area contributed by atoms with E-state index < -0.39 is 0 Å². The van der Waals surface area contributed by atoms with Crippen molar-refractivity contribution in [2.75, 3.05) is 19.7 Å². The molecule has 2 N–H and O–H groups in total. The Balaban J connectivity index is 2.20. The van der Waals surface area contributed by atoms with Gasteiger partial charge in [-0.1, -0.05) is 13.0 Å². The average molecular weight is 249 g/mol. The van der Waals surface area contributed by atoms with E-state index in [2.05, 4.69) is 29.8 Å². The third-order valence-electron chi connectivity index (χ3n) is 3.53. The fraction of sp³-hybridized carbons (Fsp3) is 0.643. The lowest BCUT2D eigenvalue weighted by Crippen LogP contribution is -2.48. The van der Waals surface area contributed by atoms with Gasteiger partial charge in [0.15, 0.2) is 0 Å². The first kappa shape index (κ1) is 13.5. The van der Waals surface area contributed by atoms with Crippen LogP contribution in [0.1, 0.15) is 32.0 Å². The van der Waals surface area contributed by atoms with E-state index in [1.165, 1.54) is 0 Å². The number of hydrogen-bond acceptors (Lipinski definition) is 4. The molecule has 2 heterocycles. The van der Waals surface area contributed by atoms with Crippen molar-refractivity contribution in [2.24, 2.45) is 5.73 Å². The number of hydrogen-bond donors (Lipinski definition) is 1. The molecule has 3 unspecified atom stereocenters. The van der Waals surface area contributed by atoms with Crippen LogP contribution in [0.5, 0.6) is 0 Å². The van der Waals surface area contributed by atoms with Crippen LogP contribution < -0.4 is 5.73 Å². The second-order valence-corrected chi connectivity index (χ2v) is 4.95. The van der Waals surface area contributed by atoms with Crippen molar-refractivity contribution in [2.45, 2.75) is 38.5 Å². The molecule has 4 nitrogen and oxygen atoms in total. The number of nitrogens with two attached hydrogens (primary N) is 1. The number of aromatic nitrogens is 1. The Bertz CT molecular complexity index is 357. The van der Waals surface area contributed by atoms with E-state index in [0.717, 1.165) is 31.8 Å². The minimum Gasteiger partial charge on any atom is -0.376 e. The summed E-state index contributed by atoms with van der Waals surface area (Å²) < 4.78 is 5.60. The Morgan fingerprint density at radius 1 is 1.56 bits per heavy atom. The van der Waals surface area contributed by atoms with Crippen molar-refractivity contribution in [3.8, 4) is 0 Å². The van der Waals surface area contributed by atoms with Gasteiger partial charge in [0.25, 0.3) is 0 Å². The van der Waals surface area contributed by atoms with Gasteiger partial charge in [0.05, 0.1) is 24.4 Å². The van der Waals surface area contributed by atoms with E-state index in [1.54, 1.807) is 0 Å². The van der Waals surface area contributed by atoms with Crippen molar-refractivity contribution in [1.82, 2.24) is 9.88 Å². The molecule has 3 atom stereocenters. The van der Waals surface area contributed by atoms with Gasteiger partial charge in [0.1, 0.15) is 0 Å². The first-order valence-corrected chi connectivity index (χ1v) is 6.74. The SMILES string of the molecule is CCC(N)C(c1ccccn1)N1CCOC(C)C1. The third kappa shape index (κ3) is 3.07. The molecular weight excluding hydrogens is 226 g/mol. The second kappa shape index (κ2) is 6.27. The Morgan fingerprint density at radius 2 is 2.39 bits per heavy atom. The maximum atomic E-state index is 6.30. The molecule has 0 aliphatic carbocycles. The normalized spacial score (nSPS) is 24.7. The van der Waals surface area contributed by atoms with E-state index in [0.29, 0.717) is 0 Å². The summed E-state index contributed by atoms with van der Waals surface area (Å²) in [6.45, 7) is 6.87. The predicted molar refractivity (Wildman–Crippen MR) is 72.2 cm³/mol. The van der Waals surface area contributed by atoms with Crippen LogP contribution in [0, 0.1) is 0 Å². The smallest absolute Gasteiger partial charge is 0.0675 e. The van der Waals surface area contributed by atoms with Crippen LogP contribution in [-0.2, 0) is 4.74 Å². The van der Waals surface area contributed by atoms with Crippen molar-refractivity contribution in [3.05, 3.63) is 30.1 Å². The van der Waals surface area contributed by atoms with Gasteiger partial charge < -0.3 is 10.5 Å². The van der Waals surface area contributed by atoms with Crippen molar-refractivity contribution < 1.29 is 4.74 Å². The summed E-state index contributed by atoms with van der Waals surface area (Å²) in [5.74, 6) is 0. The monoisotopic (exact) mass is 249 g/mol. The summed E-state index contributed by atoms with van der Waals surface area (Å²) in [5, 5.41) is 0. The van der Waals surface area contributed by atoms with E-state index in [1.807, 2.05) is 18.3 Å². The van der Waals surface area contributed by atoms with Gasteiger partial charge in [-0.3, -0.25) is 9.88 Å². The summed E-state index contributed by atoms with van der Waals surface area (Å²) in [4.78, 5) is 6.89. The lowest BCUT2D eigenvalue weighted by molar-refractivity contribution is -0.0393. The van der Waals surface area contributed by atoms with Gasteiger partial charge in [0.2, 0.25) is 0 Å². The van der Waals surface area contributed by atoms with Crippen molar-refractivity contribution in [1.29, 1.82) is 0 Å². The Kier molecular flexibility index (Phi) is 4.69. The number of ether oxygens (including phenoxy) is 1. The zero-order valence-electron chi connectivity index (χ0n) is 11.2. The standard InChI is InChI=1S/C14H23N3O/c1-3-12(15)14(13-6-4-5-7-16-13)17-8-9-18-11(2)10-17/h4-7,11-12,14H,3,8-10,15H2,1-2H3. The summed E-state index contributed by atoms with van der Waals surface area (Å²) >= 11 is 0. The van der Waals surface area contributed by atoms with E-state index >= 15 is 0 Å². The molecule has 0 bridgehead atoms. The minimum atomic E-state index is 0.116. The molecule has 1 aromatic rings. The van der Waals surface area contributed by atoms with Gasteiger partial charge in [-0.15, -0.1) is 0 Å². The molecular formula is C14H23N3O. The van der Waals surface area contributed by atoms with Crippen LogP contribution in [-0.4, -0.2) is 41.7 Å². The van der Waals surface area contributed by atoms with E-state index in [-0.39, 0.29) is 18.2 Å². The molecule has 1 aliphatic rings. The zero-order valence-corrected chi connectivity index (χ0v) is 11.2. The molecule has 1 fully saturated rings. The minimum absolute atomic E-state index is 0.116. The number of rotatable bonds is 4. The average Bonchev–Trinajstić information content (AvgIpc) is 2.40. The van der Waals surface area contributed by atoms with Gasteiger partial charge in [-0.25, -0.2) is 0 Å². The molecule has 18 heavy (non-hydrogen) atoms. The Morgan fingerprint density at radius 3 is 3.00 bits per heavy atom. The van der Waals surface area contributed by atoms with Crippen LogP contribution in [0.25, 0.3) is 0 Å². The van der Waals surface area contributed by atoms with E-state index in [9.17, 15) is 0 Å². The lowest BCUT2D eigenvalue weighted by atomic mass is 9.99. The molecule has 1 aliphatic heterocycles. The predicted octanol–water partition coefficient (Wildman–Crippen LogP) is 1.58. The lowest BCUT2D eigenvalue weighted by Gasteiger charge is -2.39. The van der Waals surface area contributed by atoms with Crippen LogP contribution in [0.3, 0.4) is 0 Å². The van der Waals surface area contributed by atoms with Crippen LogP contribution in [0.15, 0.2) is 24.4 Å². The molecule has 0 saturated carbocycles. The summed E-state index contributed by atoms with van der Waals surface area (Å²) in [5.41, 5.74) is 7.37. The largest absolute Gasteiger partial charge is 0.376 e. The molecule has 0 spiro atoms. The fourth-order valence-corrected chi connectivity index (χ4v) is 2.55. The highest BCUT2D eigenvalue weighted by atomic mass is 16.5. The topological polar surface area (TPSA) is 51.4 Å². The first-order chi connectivity index (χ1) is 8.72. The zero-order chi connectivity index (χ0) is 13.0. The Hall–Kier alpha value is -0.970. The van der Waals surface area contributed by atoms with Crippen LogP contribution in [0.4, 0.5) is 0 Å². The first-order valence-electron chi connectivity index (χ1n) is 6.74.